The van der Waals surface area contributed by atoms with Gasteiger partial charge in [-0.05, 0) is 18.4 Å². The van der Waals surface area contributed by atoms with Crippen molar-refractivity contribution in [3.8, 4) is 0 Å². The Kier molecular flexibility index (Phi) is 3.68. The minimum Gasteiger partial charge on any atom is -0.260 e. The molecule has 54 valence electrons. The predicted molar refractivity (Wildman–Crippen MR) is 49.0 cm³/mol. The molecule has 0 radical (unpaired) electrons. The molecule has 0 spiro atoms. The molecule has 0 aliphatic heterocycles. The maximum absolute atomic E-state index is 4.18. The second-order valence-corrected chi connectivity index (χ2v) is 4.31. The van der Waals surface area contributed by atoms with Crippen LogP contribution in [0.3, 0.4) is 0 Å². The van der Waals surface area contributed by atoms with Gasteiger partial charge in [0.1, 0.15) is 0 Å². The fourth-order valence-electron chi connectivity index (χ4n) is 0.603. The number of rotatable bonds is 3. The van der Waals surface area contributed by atoms with Crippen LogP contribution in [0.4, 0.5) is 0 Å². The van der Waals surface area contributed by atoms with Crippen molar-refractivity contribution < 1.29 is 0 Å². The van der Waals surface area contributed by atoms with E-state index in [1.54, 1.807) is 10.8 Å². The fourth-order valence-corrected chi connectivity index (χ4v) is 1.73. The Labute approximate surface area is 69.0 Å². The Bertz CT molecular complexity index is 176. The highest BCUT2D eigenvalue weighted by Gasteiger charge is 1.89. The van der Waals surface area contributed by atoms with Gasteiger partial charge in [-0.15, -0.1) is 0 Å². The van der Waals surface area contributed by atoms with E-state index in [0.717, 1.165) is 11.4 Å². The maximum atomic E-state index is 4.18. The highest BCUT2D eigenvalue weighted by Crippen LogP contribution is 2.20. The second-order valence-electron chi connectivity index (χ2n) is 1.75. The first kappa shape index (κ1) is 7.95. The van der Waals surface area contributed by atoms with E-state index < -0.39 is 0 Å². The highest BCUT2D eigenvalue weighted by atomic mass is 33.1. The van der Waals surface area contributed by atoms with Crippen LogP contribution in [-0.4, -0.2) is 11.2 Å². The van der Waals surface area contributed by atoms with Crippen molar-refractivity contribution in [2.45, 2.75) is 5.75 Å². The number of hydrogen-bond donors (Lipinski definition) is 0. The van der Waals surface area contributed by atoms with Crippen LogP contribution in [-0.2, 0) is 5.75 Å². The van der Waals surface area contributed by atoms with Gasteiger partial charge in [0.25, 0.3) is 0 Å². The van der Waals surface area contributed by atoms with Gasteiger partial charge in [0.15, 0.2) is 0 Å². The van der Waals surface area contributed by atoms with Gasteiger partial charge in [-0.1, -0.05) is 27.7 Å². The van der Waals surface area contributed by atoms with E-state index in [2.05, 4.69) is 11.2 Å². The second kappa shape index (κ2) is 4.63. The molecule has 0 saturated carbocycles. The molecule has 1 rings (SSSR count). The molecule has 0 aliphatic rings. The van der Waals surface area contributed by atoms with Gasteiger partial charge in [-0.25, -0.2) is 0 Å². The average Bonchev–Trinajstić information content (AvgIpc) is 2.03. The predicted octanol–water partition coefficient (Wildman–Crippen LogP) is 2.59. The standard InChI is InChI=1S/C7H9NS2/c1-9-10-6-7-4-2-3-5-8-7/h2-5H,6H2,1H3. The lowest BCUT2D eigenvalue weighted by molar-refractivity contribution is 1.18. The molecule has 0 aliphatic carbocycles. The van der Waals surface area contributed by atoms with Crippen molar-refractivity contribution in [1.29, 1.82) is 0 Å². The minimum atomic E-state index is 1.00. The molecule has 1 heterocycles. The summed E-state index contributed by atoms with van der Waals surface area (Å²) in [5.74, 6) is 1.00. The van der Waals surface area contributed by atoms with E-state index in [1.165, 1.54) is 0 Å². The first-order valence-electron chi connectivity index (χ1n) is 2.99. The molecule has 1 aromatic heterocycles. The molecule has 1 nitrogen and oxygen atoms in total. The third-order valence-corrected chi connectivity index (χ3v) is 2.76. The Morgan fingerprint density at radius 2 is 2.40 bits per heavy atom. The summed E-state index contributed by atoms with van der Waals surface area (Å²) in [6.07, 6.45) is 3.91. The lowest BCUT2D eigenvalue weighted by atomic mass is 10.4. The van der Waals surface area contributed by atoms with Gasteiger partial charge in [0, 0.05) is 11.9 Å². The Hall–Kier alpha value is -0.150. The normalized spacial score (nSPS) is 9.70. The first-order valence-corrected chi connectivity index (χ1v) is 5.71. The molecule has 0 saturated heterocycles. The van der Waals surface area contributed by atoms with Crippen molar-refractivity contribution in [3.05, 3.63) is 30.1 Å². The Balaban J connectivity index is 2.43. The summed E-state index contributed by atoms with van der Waals surface area (Å²) in [6, 6.07) is 6.00. The van der Waals surface area contributed by atoms with E-state index >= 15 is 0 Å². The largest absolute Gasteiger partial charge is 0.260 e. The van der Waals surface area contributed by atoms with Gasteiger partial charge >= 0.3 is 0 Å². The molecular formula is C7H9NS2. The van der Waals surface area contributed by atoms with E-state index in [9.17, 15) is 0 Å². The summed E-state index contributed by atoms with van der Waals surface area (Å²) in [6.45, 7) is 0. The number of nitrogens with zero attached hydrogens (tertiary/aromatic N) is 1. The third-order valence-electron chi connectivity index (χ3n) is 1.05. The van der Waals surface area contributed by atoms with Crippen molar-refractivity contribution >= 4 is 21.6 Å². The monoisotopic (exact) mass is 171 g/mol. The first-order chi connectivity index (χ1) is 4.93. The lowest BCUT2D eigenvalue weighted by Crippen LogP contribution is -1.81. The van der Waals surface area contributed by atoms with Gasteiger partial charge in [0.05, 0.1) is 5.69 Å². The summed E-state index contributed by atoms with van der Waals surface area (Å²) in [5.41, 5.74) is 1.15. The zero-order valence-corrected chi connectivity index (χ0v) is 7.41. The molecule has 0 atom stereocenters. The van der Waals surface area contributed by atoms with Crippen LogP contribution in [0.2, 0.25) is 0 Å². The summed E-state index contributed by atoms with van der Waals surface area (Å²) < 4.78 is 0. The molecule has 0 N–H and O–H groups in total. The molecule has 0 aromatic carbocycles. The van der Waals surface area contributed by atoms with E-state index in [-0.39, 0.29) is 0 Å². The molecule has 0 bridgehead atoms. The van der Waals surface area contributed by atoms with Crippen LogP contribution in [0.15, 0.2) is 24.4 Å². The van der Waals surface area contributed by atoms with Gasteiger partial charge in [-0.2, -0.15) is 0 Å². The summed E-state index contributed by atoms with van der Waals surface area (Å²) in [4.78, 5) is 4.18. The van der Waals surface area contributed by atoms with Crippen molar-refractivity contribution in [2.24, 2.45) is 0 Å². The number of aromatic nitrogens is 1. The van der Waals surface area contributed by atoms with Crippen LogP contribution < -0.4 is 0 Å². The highest BCUT2D eigenvalue weighted by molar-refractivity contribution is 8.76. The van der Waals surface area contributed by atoms with Crippen LogP contribution in [0.1, 0.15) is 5.69 Å². The maximum Gasteiger partial charge on any atom is 0.0511 e. The lowest BCUT2D eigenvalue weighted by Gasteiger charge is -1.94. The molecule has 0 amide bonds. The molecule has 0 fully saturated rings. The zero-order valence-electron chi connectivity index (χ0n) is 5.78. The van der Waals surface area contributed by atoms with Gasteiger partial charge < -0.3 is 0 Å². The fraction of sp³-hybridized carbons (Fsp3) is 0.286. The van der Waals surface area contributed by atoms with E-state index in [4.69, 9.17) is 0 Å². The number of hydrogen-bond acceptors (Lipinski definition) is 3. The average molecular weight is 171 g/mol. The molecule has 3 heteroatoms. The topological polar surface area (TPSA) is 12.9 Å². The van der Waals surface area contributed by atoms with Crippen molar-refractivity contribution in [1.82, 2.24) is 4.98 Å². The molecule has 10 heavy (non-hydrogen) atoms. The van der Waals surface area contributed by atoms with Crippen LogP contribution in [0.25, 0.3) is 0 Å². The number of pyridine rings is 1. The molecular weight excluding hydrogens is 162 g/mol. The summed E-state index contributed by atoms with van der Waals surface area (Å²) in [7, 11) is 3.59. The smallest absolute Gasteiger partial charge is 0.0511 e. The van der Waals surface area contributed by atoms with Crippen molar-refractivity contribution in [3.63, 3.8) is 0 Å². The van der Waals surface area contributed by atoms with Crippen LogP contribution in [0, 0.1) is 0 Å². The molecule has 1 aromatic rings. The van der Waals surface area contributed by atoms with Crippen LogP contribution in [0.5, 0.6) is 0 Å². The van der Waals surface area contributed by atoms with Crippen LogP contribution >= 0.6 is 21.6 Å². The van der Waals surface area contributed by atoms with E-state index in [1.807, 2.05) is 35.2 Å². The quantitative estimate of drug-likeness (QED) is 0.649. The zero-order chi connectivity index (χ0) is 7.23. The summed E-state index contributed by atoms with van der Waals surface area (Å²) >= 11 is 0. The van der Waals surface area contributed by atoms with Gasteiger partial charge in [-0.3, -0.25) is 4.98 Å². The molecule has 0 unspecified atom stereocenters. The van der Waals surface area contributed by atoms with Gasteiger partial charge in [0.2, 0.25) is 0 Å². The minimum absolute atomic E-state index is 1.00. The van der Waals surface area contributed by atoms with E-state index in [0.29, 0.717) is 0 Å². The van der Waals surface area contributed by atoms with Crippen molar-refractivity contribution in [2.75, 3.05) is 6.26 Å². The SMILES string of the molecule is CSSCc1ccccn1. The Morgan fingerprint density at radius 1 is 1.50 bits per heavy atom. The Morgan fingerprint density at radius 3 is 3.00 bits per heavy atom. The third kappa shape index (κ3) is 2.62. The summed E-state index contributed by atoms with van der Waals surface area (Å²) in [5, 5.41) is 0.